The summed E-state index contributed by atoms with van der Waals surface area (Å²) in [5.74, 6) is 2.00. The van der Waals surface area contributed by atoms with Crippen LogP contribution in [0.2, 0.25) is 0 Å². The number of aryl methyl sites for hydroxylation is 3. The second-order valence-corrected chi connectivity index (χ2v) is 7.39. The van der Waals surface area contributed by atoms with E-state index in [-0.39, 0.29) is 0 Å². The minimum Gasteiger partial charge on any atom is -0.493 e. The molecule has 3 nitrogen and oxygen atoms in total. The van der Waals surface area contributed by atoms with E-state index in [0.29, 0.717) is 0 Å². The van der Waals surface area contributed by atoms with Gasteiger partial charge in [-0.3, -0.25) is 4.90 Å². The van der Waals surface area contributed by atoms with Crippen molar-refractivity contribution in [3.63, 3.8) is 0 Å². The van der Waals surface area contributed by atoms with Gasteiger partial charge in [0.1, 0.15) is 5.75 Å². The van der Waals surface area contributed by atoms with Gasteiger partial charge in [-0.15, -0.1) is 0 Å². The van der Waals surface area contributed by atoms with Crippen LogP contribution in [0.5, 0.6) is 5.75 Å². The zero-order valence-electron chi connectivity index (χ0n) is 14.2. The molecule has 1 aromatic carbocycles. The maximum absolute atomic E-state index is 6.20. The van der Waals surface area contributed by atoms with E-state index in [0.717, 1.165) is 45.2 Å². The van der Waals surface area contributed by atoms with Crippen molar-refractivity contribution in [2.45, 2.75) is 44.9 Å². The number of hydrogen-bond acceptors (Lipinski definition) is 3. The Bertz CT molecular complexity index is 533. The van der Waals surface area contributed by atoms with E-state index >= 15 is 0 Å². The van der Waals surface area contributed by atoms with Crippen molar-refractivity contribution in [1.82, 2.24) is 4.90 Å². The number of hydrogen-bond donors (Lipinski definition) is 0. The molecule has 0 aromatic heterocycles. The molecule has 2 fully saturated rings. The van der Waals surface area contributed by atoms with Gasteiger partial charge in [0.2, 0.25) is 0 Å². The molecule has 4 rings (SSSR count). The van der Waals surface area contributed by atoms with Gasteiger partial charge in [-0.1, -0.05) is 6.07 Å². The van der Waals surface area contributed by atoms with E-state index in [1.54, 1.807) is 5.56 Å². The second kappa shape index (κ2) is 7.23. The smallest absolute Gasteiger partial charge is 0.122 e. The lowest BCUT2D eigenvalue weighted by Crippen LogP contribution is -2.36. The summed E-state index contributed by atoms with van der Waals surface area (Å²) in [6, 6.07) is 4.80. The van der Waals surface area contributed by atoms with Gasteiger partial charge >= 0.3 is 0 Å². The number of morpholine rings is 1. The monoisotopic (exact) mass is 315 g/mol. The lowest BCUT2D eigenvalue weighted by atomic mass is 10.0. The molecule has 1 aromatic rings. The Balaban J connectivity index is 1.38. The highest BCUT2D eigenvalue weighted by atomic mass is 16.5. The highest BCUT2D eigenvalue weighted by Crippen LogP contribution is 2.34. The first kappa shape index (κ1) is 15.5. The Morgan fingerprint density at radius 1 is 1.09 bits per heavy atom. The topological polar surface area (TPSA) is 21.7 Å². The van der Waals surface area contributed by atoms with Crippen molar-refractivity contribution in [3.8, 4) is 5.75 Å². The predicted octanol–water partition coefficient (Wildman–Crippen LogP) is 3.23. The molecule has 1 aliphatic heterocycles. The number of fused-ring (bicyclic) bond motifs is 1. The van der Waals surface area contributed by atoms with Gasteiger partial charge in [-0.05, 0) is 80.2 Å². The van der Waals surface area contributed by atoms with E-state index in [2.05, 4.69) is 17.0 Å². The van der Waals surface area contributed by atoms with Crippen molar-refractivity contribution in [2.24, 2.45) is 5.92 Å². The Morgan fingerprint density at radius 3 is 2.65 bits per heavy atom. The maximum Gasteiger partial charge on any atom is 0.122 e. The predicted molar refractivity (Wildman–Crippen MR) is 92.3 cm³/mol. The summed E-state index contributed by atoms with van der Waals surface area (Å²) >= 11 is 0. The van der Waals surface area contributed by atoms with Crippen LogP contribution in [-0.2, 0) is 24.0 Å². The number of benzene rings is 1. The molecule has 0 bridgehead atoms. The fourth-order valence-electron chi connectivity index (χ4n) is 3.79. The van der Waals surface area contributed by atoms with Crippen molar-refractivity contribution >= 4 is 0 Å². The standard InChI is InChI=1S/C20H29NO2/c1-3-17-13-19(5-2-8-21-9-11-22-12-10-21)20(14-18(17)4-1)23-15-16-6-7-16/h13-14,16H,1-12,15H2. The number of rotatable bonds is 7. The Labute approximate surface area is 140 Å². The van der Waals surface area contributed by atoms with Crippen molar-refractivity contribution in [3.05, 3.63) is 28.8 Å². The van der Waals surface area contributed by atoms with Gasteiger partial charge in [-0.25, -0.2) is 0 Å². The van der Waals surface area contributed by atoms with Gasteiger partial charge < -0.3 is 9.47 Å². The molecule has 0 atom stereocenters. The summed E-state index contributed by atoms with van der Waals surface area (Å²) in [6.07, 6.45) is 8.89. The Kier molecular flexibility index (Phi) is 4.86. The quantitative estimate of drug-likeness (QED) is 0.771. The van der Waals surface area contributed by atoms with Gasteiger partial charge in [0, 0.05) is 13.1 Å². The lowest BCUT2D eigenvalue weighted by Gasteiger charge is -2.26. The molecular weight excluding hydrogens is 286 g/mol. The summed E-state index contributed by atoms with van der Waals surface area (Å²) in [6.45, 7) is 6.09. The first-order chi connectivity index (χ1) is 11.4. The minimum atomic E-state index is 0.824. The van der Waals surface area contributed by atoms with E-state index in [1.807, 2.05) is 0 Å². The van der Waals surface area contributed by atoms with Crippen LogP contribution < -0.4 is 4.74 Å². The number of nitrogens with zero attached hydrogens (tertiary/aromatic N) is 1. The van der Waals surface area contributed by atoms with Crippen LogP contribution in [0.4, 0.5) is 0 Å². The molecule has 3 aliphatic rings. The molecule has 126 valence electrons. The number of ether oxygens (including phenoxy) is 2. The normalized spacial score (nSPS) is 21.4. The van der Waals surface area contributed by atoms with Crippen LogP contribution in [-0.4, -0.2) is 44.4 Å². The largest absolute Gasteiger partial charge is 0.493 e. The van der Waals surface area contributed by atoms with Crippen LogP contribution in [0.1, 0.15) is 42.4 Å². The molecule has 1 saturated heterocycles. The van der Waals surface area contributed by atoms with Crippen LogP contribution in [0, 0.1) is 5.92 Å². The third-order valence-electron chi connectivity index (χ3n) is 5.47. The molecule has 23 heavy (non-hydrogen) atoms. The first-order valence-electron chi connectivity index (χ1n) is 9.46. The van der Waals surface area contributed by atoms with E-state index in [9.17, 15) is 0 Å². The molecule has 0 unspecified atom stereocenters. The SMILES string of the molecule is c1c2c(cc(OCC3CC3)c1CCCN1CCOCC1)CCC2. The van der Waals surface area contributed by atoms with Crippen molar-refractivity contribution in [2.75, 3.05) is 39.5 Å². The summed E-state index contributed by atoms with van der Waals surface area (Å²) in [7, 11) is 0. The third kappa shape index (κ3) is 4.07. The summed E-state index contributed by atoms with van der Waals surface area (Å²) in [4.78, 5) is 2.53. The summed E-state index contributed by atoms with van der Waals surface area (Å²) < 4.78 is 11.6. The van der Waals surface area contributed by atoms with E-state index < -0.39 is 0 Å². The van der Waals surface area contributed by atoms with Crippen molar-refractivity contribution in [1.29, 1.82) is 0 Å². The summed E-state index contributed by atoms with van der Waals surface area (Å²) in [5.41, 5.74) is 4.55. The lowest BCUT2D eigenvalue weighted by molar-refractivity contribution is 0.0374. The zero-order chi connectivity index (χ0) is 15.5. The summed E-state index contributed by atoms with van der Waals surface area (Å²) in [5, 5.41) is 0. The van der Waals surface area contributed by atoms with E-state index in [4.69, 9.17) is 9.47 Å². The molecule has 3 heteroatoms. The van der Waals surface area contributed by atoms with Gasteiger partial charge in [0.25, 0.3) is 0 Å². The van der Waals surface area contributed by atoms with Crippen LogP contribution in [0.3, 0.4) is 0 Å². The Morgan fingerprint density at radius 2 is 1.87 bits per heavy atom. The maximum atomic E-state index is 6.20. The van der Waals surface area contributed by atoms with Crippen LogP contribution >= 0.6 is 0 Å². The average molecular weight is 315 g/mol. The van der Waals surface area contributed by atoms with Gasteiger partial charge in [0.15, 0.2) is 0 Å². The fourth-order valence-corrected chi connectivity index (χ4v) is 3.79. The Hall–Kier alpha value is -1.06. The third-order valence-corrected chi connectivity index (χ3v) is 5.47. The molecule has 0 amide bonds. The molecule has 0 N–H and O–H groups in total. The van der Waals surface area contributed by atoms with Crippen LogP contribution in [0.15, 0.2) is 12.1 Å². The molecular formula is C20H29NO2. The van der Waals surface area contributed by atoms with Crippen LogP contribution in [0.25, 0.3) is 0 Å². The first-order valence-corrected chi connectivity index (χ1v) is 9.46. The van der Waals surface area contributed by atoms with Gasteiger partial charge in [0.05, 0.1) is 19.8 Å². The second-order valence-electron chi connectivity index (χ2n) is 7.39. The molecule has 0 radical (unpaired) electrons. The van der Waals surface area contributed by atoms with Gasteiger partial charge in [-0.2, -0.15) is 0 Å². The zero-order valence-corrected chi connectivity index (χ0v) is 14.2. The molecule has 1 heterocycles. The van der Waals surface area contributed by atoms with Crippen molar-refractivity contribution < 1.29 is 9.47 Å². The molecule has 0 spiro atoms. The fraction of sp³-hybridized carbons (Fsp3) is 0.700. The highest BCUT2D eigenvalue weighted by molar-refractivity contribution is 5.45. The average Bonchev–Trinajstić information content (AvgIpc) is 3.30. The molecule has 1 saturated carbocycles. The van der Waals surface area contributed by atoms with E-state index in [1.165, 1.54) is 61.9 Å². The minimum absolute atomic E-state index is 0.824. The highest BCUT2D eigenvalue weighted by Gasteiger charge is 2.23. The molecule has 2 aliphatic carbocycles.